The van der Waals surface area contributed by atoms with Crippen LogP contribution in [0.5, 0.6) is 0 Å². The standard InChI is InChI=1S/C10H20N2O3/c1-2-3-8(11)4-6-15-7-5-9(12)10(13)14/h9,11H,2-7,12H2,1H3,(H,13,14). The normalized spacial score (nSPS) is 12.4. The molecular weight excluding hydrogens is 196 g/mol. The van der Waals surface area contributed by atoms with Gasteiger partial charge in [0, 0.05) is 18.7 Å². The number of ether oxygens (including phenoxy) is 1. The average Bonchev–Trinajstić information content (AvgIpc) is 2.17. The fraction of sp³-hybridized carbons (Fsp3) is 0.800. The number of rotatable bonds is 9. The van der Waals surface area contributed by atoms with E-state index in [4.69, 9.17) is 21.0 Å². The maximum Gasteiger partial charge on any atom is 0.320 e. The fourth-order valence-electron chi connectivity index (χ4n) is 1.06. The van der Waals surface area contributed by atoms with Crippen LogP contribution in [0.25, 0.3) is 0 Å². The van der Waals surface area contributed by atoms with Crippen LogP contribution in [0, 0.1) is 5.41 Å². The van der Waals surface area contributed by atoms with Crippen LogP contribution in [0.4, 0.5) is 0 Å². The molecule has 0 fully saturated rings. The van der Waals surface area contributed by atoms with Crippen LogP contribution in [0.15, 0.2) is 0 Å². The van der Waals surface area contributed by atoms with Gasteiger partial charge < -0.3 is 21.0 Å². The molecule has 0 aromatic carbocycles. The highest BCUT2D eigenvalue weighted by atomic mass is 16.5. The summed E-state index contributed by atoms with van der Waals surface area (Å²) < 4.78 is 5.19. The SMILES string of the molecule is CCCC(=N)CCOCCC(N)C(=O)O. The van der Waals surface area contributed by atoms with E-state index in [0.717, 1.165) is 12.8 Å². The summed E-state index contributed by atoms with van der Waals surface area (Å²) in [6, 6.07) is -0.847. The second kappa shape index (κ2) is 8.38. The fourth-order valence-corrected chi connectivity index (χ4v) is 1.06. The summed E-state index contributed by atoms with van der Waals surface area (Å²) in [6.07, 6.45) is 2.72. The van der Waals surface area contributed by atoms with Crippen LogP contribution in [-0.2, 0) is 9.53 Å². The summed E-state index contributed by atoms with van der Waals surface area (Å²) in [6.45, 7) is 2.85. The van der Waals surface area contributed by atoms with E-state index in [0.29, 0.717) is 31.8 Å². The van der Waals surface area contributed by atoms with E-state index in [-0.39, 0.29) is 0 Å². The first-order valence-electron chi connectivity index (χ1n) is 5.20. The monoisotopic (exact) mass is 216 g/mol. The lowest BCUT2D eigenvalue weighted by atomic mass is 10.2. The van der Waals surface area contributed by atoms with Crippen LogP contribution in [0.3, 0.4) is 0 Å². The Morgan fingerprint density at radius 2 is 2.13 bits per heavy atom. The number of carboxylic acid groups (broad SMARTS) is 1. The molecule has 1 atom stereocenters. The zero-order valence-electron chi connectivity index (χ0n) is 9.16. The molecule has 4 N–H and O–H groups in total. The van der Waals surface area contributed by atoms with E-state index < -0.39 is 12.0 Å². The topological polar surface area (TPSA) is 96.4 Å². The van der Waals surface area contributed by atoms with Gasteiger partial charge in [0.15, 0.2) is 0 Å². The summed E-state index contributed by atoms with van der Waals surface area (Å²) >= 11 is 0. The largest absolute Gasteiger partial charge is 0.480 e. The van der Waals surface area contributed by atoms with Gasteiger partial charge in [0.2, 0.25) is 0 Å². The van der Waals surface area contributed by atoms with Gasteiger partial charge in [-0.15, -0.1) is 0 Å². The molecule has 0 amide bonds. The van der Waals surface area contributed by atoms with Crippen molar-refractivity contribution in [2.45, 2.75) is 38.6 Å². The molecule has 0 heterocycles. The predicted molar refractivity (Wildman–Crippen MR) is 58.3 cm³/mol. The second-order valence-electron chi connectivity index (χ2n) is 3.45. The van der Waals surface area contributed by atoms with Crippen LogP contribution in [-0.4, -0.2) is 36.0 Å². The zero-order valence-corrected chi connectivity index (χ0v) is 9.16. The van der Waals surface area contributed by atoms with Crippen molar-refractivity contribution >= 4 is 11.7 Å². The summed E-state index contributed by atoms with van der Waals surface area (Å²) in [7, 11) is 0. The molecule has 0 radical (unpaired) electrons. The van der Waals surface area contributed by atoms with E-state index >= 15 is 0 Å². The Balaban J connectivity index is 3.32. The van der Waals surface area contributed by atoms with Gasteiger partial charge in [-0.3, -0.25) is 4.79 Å². The lowest BCUT2D eigenvalue weighted by Crippen LogP contribution is -2.31. The summed E-state index contributed by atoms with van der Waals surface area (Å²) in [5.41, 5.74) is 5.97. The van der Waals surface area contributed by atoms with Crippen molar-refractivity contribution in [1.29, 1.82) is 5.41 Å². The Morgan fingerprint density at radius 1 is 1.47 bits per heavy atom. The molecule has 1 unspecified atom stereocenters. The summed E-state index contributed by atoms with van der Waals surface area (Å²) in [5.74, 6) is -1.00. The first-order chi connectivity index (χ1) is 7.07. The first kappa shape index (κ1) is 14.1. The maximum absolute atomic E-state index is 10.3. The molecule has 15 heavy (non-hydrogen) atoms. The lowest BCUT2D eigenvalue weighted by Gasteiger charge is -2.07. The Morgan fingerprint density at radius 3 is 2.67 bits per heavy atom. The van der Waals surface area contributed by atoms with E-state index in [1.165, 1.54) is 0 Å². The van der Waals surface area contributed by atoms with Gasteiger partial charge in [0.05, 0.1) is 6.61 Å². The number of hydrogen-bond acceptors (Lipinski definition) is 4. The van der Waals surface area contributed by atoms with Gasteiger partial charge >= 0.3 is 5.97 Å². The minimum absolute atomic E-state index is 0.316. The van der Waals surface area contributed by atoms with E-state index in [1.54, 1.807) is 0 Å². The van der Waals surface area contributed by atoms with Crippen molar-refractivity contribution in [3.63, 3.8) is 0 Å². The number of carboxylic acids is 1. The molecule has 0 aliphatic rings. The number of aliphatic carboxylic acids is 1. The van der Waals surface area contributed by atoms with Crippen molar-refractivity contribution < 1.29 is 14.6 Å². The van der Waals surface area contributed by atoms with Gasteiger partial charge in [0.1, 0.15) is 6.04 Å². The Hall–Kier alpha value is -0.940. The van der Waals surface area contributed by atoms with Gasteiger partial charge in [-0.2, -0.15) is 0 Å². The summed E-state index contributed by atoms with van der Waals surface area (Å²) in [4.78, 5) is 10.3. The molecular formula is C10H20N2O3. The van der Waals surface area contributed by atoms with E-state index in [9.17, 15) is 4.79 Å². The smallest absolute Gasteiger partial charge is 0.320 e. The van der Waals surface area contributed by atoms with E-state index in [1.807, 2.05) is 6.92 Å². The predicted octanol–water partition coefficient (Wildman–Crippen LogP) is 1.01. The maximum atomic E-state index is 10.3. The number of hydrogen-bond donors (Lipinski definition) is 3. The Labute approximate surface area is 90.1 Å². The first-order valence-corrected chi connectivity index (χ1v) is 5.20. The second-order valence-corrected chi connectivity index (χ2v) is 3.45. The van der Waals surface area contributed by atoms with Crippen molar-refractivity contribution in [2.24, 2.45) is 5.73 Å². The van der Waals surface area contributed by atoms with Gasteiger partial charge in [-0.05, 0) is 12.8 Å². The van der Waals surface area contributed by atoms with Crippen LogP contribution in [0.2, 0.25) is 0 Å². The molecule has 88 valence electrons. The lowest BCUT2D eigenvalue weighted by molar-refractivity contribution is -0.139. The molecule has 0 aliphatic heterocycles. The third-order valence-corrected chi connectivity index (χ3v) is 1.99. The number of carbonyl (C=O) groups is 1. The van der Waals surface area contributed by atoms with Crippen LogP contribution >= 0.6 is 0 Å². The van der Waals surface area contributed by atoms with Crippen molar-refractivity contribution in [3.05, 3.63) is 0 Å². The molecule has 5 heteroatoms. The molecule has 0 aliphatic carbocycles. The number of nitrogens with two attached hydrogens (primary N) is 1. The third kappa shape index (κ3) is 8.08. The summed E-state index contributed by atoms with van der Waals surface area (Å²) in [5, 5.41) is 16.0. The minimum Gasteiger partial charge on any atom is -0.480 e. The molecule has 0 saturated carbocycles. The average molecular weight is 216 g/mol. The molecule has 0 bridgehead atoms. The molecule has 5 nitrogen and oxygen atoms in total. The minimum atomic E-state index is -1.00. The number of nitrogens with one attached hydrogen (secondary N) is 1. The molecule has 0 spiro atoms. The highest BCUT2D eigenvalue weighted by Gasteiger charge is 2.10. The van der Waals surface area contributed by atoms with Crippen LogP contribution < -0.4 is 5.73 Å². The quantitative estimate of drug-likeness (QED) is 0.396. The molecule has 0 aromatic rings. The van der Waals surface area contributed by atoms with Gasteiger partial charge in [-0.25, -0.2) is 0 Å². The Kier molecular flexibility index (Phi) is 7.85. The van der Waals surface area contributed by atoms with Gasteiger partial charge in [0.25, 0.3) is 0 Å². The highest BCUT2D eigenvalue weighted by molar-refractivity contribution is 5.81. The zero-order chi connectivity index (χ0) is 11.7. The van der Waals surface area contributed by atoms with Crippen molar-refractivity contribution in [3.8, 4) is 0 Å². The Bertz CT molecular complexity index is 207. The molecule has 0 aromatic heterocycles. The van der Waals surface area contributed by atoms with Crippen molar-refractivity contribution in [1.82, 2.24) is 0 Å². The molecule has 0 rings (SSSR count). The highest BCUT2D eigenvalue weighted by Crippen LogP contribution is 1.96. The van der Waals surface area contributed by atoms with E-state index in [2.05, 4.69) is 0 Å². The van der Waals surface area contributed by atoms with Crippen molar-refractivity contribution in [2.75, 3.05) is 13.2 Å². The van der Waals surface area contributed by atoms with Crippen LogP contribution in [0.1, 0.15) is 32.6 Å². The third-order valence-electron chi connectivity index (χ3n) is 1.99. The molecule has 0 saturated heterocycles. The van der Waals surface area contributed by atoms with Gasteiger partial charge in [-0.1, -0.05) is 13.3 Å².